The zero-order chi connectivity index (χ0) is 13.0. The van der Waals surface area contributed by atoms with Gasteiger partial charge in [0.2, 0.25) is 0 Å². The van der Waals surface area contributed by atoms with Gasteiger partial charge in [0.05, 0.1) is 5.56 Å². The molecule has 0 radical (unpaired) electrons. The molecule has 0 heterocycles. The largest absolute Gasteiger partial charge is 0.507 e. The van der Waals surface area contributed by atoms with Crippen molar-refractivity contribution in [3.63, 3.8) is 0 Å². The van der Waals surface area contributed by atoms with Gasteiger partial charge in [-0.25, -0.2) is 0 Å². The number of hydrogen-bond donors (Lipinski definition) is 2. The summed E-state index contributed by atoms with van der Waals surface area (Å²) in [7, 11) is 0. The summed E-state index contributed by atoms with van der Waals surface area (Å²) in [6.45, 7) is 2.33. The lowest BCUT2D eigenvalue weighted by Crippen LogP contribution is -2.22. The molecular formula is C15H15NO2. The Hall–Kier alpha value is -2.29. The highest BCUT2D eigenvalue weighted by Gasteiger charge is 2.10. The van der Waals surface area contributed by atoms with Crippen molar-refractivity contribution < 1.29 is 9.90 Å². The van der Waals surface area contributed by atoms with Crippen molar-refractivity contribution in [2.45, 2.75) is 13.5 Å². The van der Waals surface area contributed by atoms with E-state index in [0.717, 1.165) is 11.1 Å². The van der Waals surface area contributed by atoms with Crippen LogP contribution in [0.4, 0.5) is 0 Å². The molecule has 0 atom stereocenters. The molecule has 0 unspecified atom stereocenters. The van der Waals surface area contributed by atoms with E-state index in [1.165, 1.54) is 6.07 Å². The van der Waals surface area contributed by atoms with Crippen molar-refractivity contribution in [2.75, 3.05) is 0 Å². The molecule has 0 aromatic heterocycles. The Morgan fingerprint density at radius 3 is 2.61 bits per heavy atom. The predicted molar refractivity (Wildman–Crippen MR) is 70.5 cm³/mol. The first-order valence-electron chi connectivity index (χ1n) is 5.78. The Morgan fingerprint density at radius 1 is 1.17 bits per heavy atom. The van der Waals surface area contributed by atoms with E-state index in [0.29, 0.717) is 12.1 Å². The second kappa shape index (κ2) is 5.36. The Morgan fingerprint density at radius 2 is 1.89 bits per heavy atom. The molecule has 0 fully saturated rings. The smallest absolute Gasteiger partial charge is 0.255 e. The summed E-state index contributed by atoms with van der Waals surface area (Å²) in [6.07, 6.45) is 0. The van der Waals surface area contributed by atoms with E-state index in [2.05, 4.69) is 5.32 Å². The van der Waals surface area contributed by atoms with Crippen molar-refractivity contribution >= 4 is 5.91 Å². The van der Waals surface area contributed by atoms with Crippen molar-refractivity contribution in [3.05, 3.63) is 65.2 Å². The molecule has 0 bridgehead atoms. The minimum absolute atomic E-state index is 0.00571. The number of rotatable bonds is 3. The van der Waals surface area contributed by atoms with Crippen LogP contribution in [-0.2, 0) is 6.54 Å². The molecule has 0 aliphatic carbocycles. The van der Waals surface area contributed by atoms with Gasteiger partial charge in [-0.2, -0.15) is 0 Å². The summed E-state index contributed by atoms with van der Waals surface area (Å²) in [5.74, 6) is -0.258. The lowest BCUT2D eigenvalue weighted by Gasteiger charge is -2.07. The fourth-order valence-electron chi connectivity index (χ4n) is 1.71. The summed E-state index contributed by atoms with van der Waals surface area (Å²) < 4.78 is 0. The third kappa shape index (κ3) is 2.88. The van der Waals surface area contributed by atoms with Crippen LogP contribution in [-0.4, -0.2) is 11.0 Å². The number of aromatic hydroxyl groups is 1. The number of nitrogens with one attached hydrogen (secondary N) is 1. The topological polar surface area (TPSA) is 49.3 Å². The van der Waals surface area contributed by atoms with Crippen LogP contribution in [0.5, 0.6) is 5.75 Å². The normalized spacial score (nSPS) is 10.1. The van der Waals surface area contributed by atoms with Crippen LogP contribution in [0.2, 0.25) is 0 Å². The summed E-state index contributed by atoms with van der Waals surface area (Å²) >= 11 is 0. The highest BCUT2D eigenvalue weighted by atomic mass is 16.3. The SMILES string of the molecule is Cc1ccc(O)c(C(=O)NCc2ccccc2)c1. The molecule has 0 aliphatic rings. The predicted octanol–water partition coefficient (Wildman–Crippen LogP) is 2.63. The van der Waals surface area contributed by atoms with E-state index >= 15 is 0 Å². The number of carbonyl (C=O) groups excluding carboxylic acids is 1. The Kier molecular flexibility index (Phi) is 3.63. The van der Waals surface area contributed by atoms with E-state index in [4.69, 9.17) is 0 Å². The van der Waals surface area contributed by atoms with E-state index in [1.807, 2.05) is 37.3 Å². The van der Waals surface area contributed by atoms with E-state index in [-0.39, 0.29) is 11.7 Å². The fraction of sp³-hybridized carbons (Fsp3) is 0.133. The summed E-state index contributed by atoms with van der Waals surface area (Å²) in [6, 6.07) is 14.6. The minimum Gasteiger partial charge on any atom is -0.507 e. The van der Waals surface area contributed by atoms with Gasteiger partial charge in [0.15, 0.2) is 0 Å². The van der Waals surface area contributed by atoms with Crippen molar-refractivity contribution in [1.29, 1.82) is 0 Å². The number of phenolic OH excluding ortho intramolecular Hbond substituents is 1. The highest BCUT2D eigenvalue weighted by Crippen LogP contribution is 2.17. The quantitative estimate of drug-likeness (QED) is 0.867. The minimum atomic E-state index is -0.264. The molecule has 0 spiro atoms. The zero-order valence-electron chi connectivity index (χ0n) is 10.2. The first-order valence-corrected chi connectivity index (χ1v) is 5.78. The maximum absolute atomic E-state index is 11.9. The number of benzene rings is 2. The molecule has 0 aliphatic heterocycles. The maximum Gasteiger partial charge on any atom is 0.255 e. The molecule has 18 heavy (non-hydrogen) atoms. The van der Waals surface area contributed by atoms with Gasteiger partial charge in [-0.05, 0) is 24.6 Å². The van der Waals surface area contributed by atoms with Gasteiger partial charge in [-0.3, -0.25) is 4.79 Å². The third-order valence-electron chi connectivity index (χ3n) is 2.69. The van der Waals surface area contributed by atoms with Crippen LogP contribution in [0.25, 0.3) is 0 Å². The highest BCUT2D eigenvalue weighted by molar-refractivity contribution is 5.96. The molecule has 2 N–H and O–H groups in total. The molecule has 3 nitrogen and oxygen atoms in total. The molecule has 2 rings (SSSR count). The lowest BCUT2D eigenvalue weighted by atomic mass is 10.1. The van der Waals surface area contributed by atoms with E-state index in [1.54, 1.807) is 12.1 Å². The molecule has 92 valence electrons. The monoisotopic (exact) mass is 241 g/mol. The molecule has 0 saturated carbocycles. The Balaban J connectivity index is 2.06. The molecule has 0 saturated heterocycles. The molecular weight excluding hydrogens is 226 g/mol. The Labute approximate surface area is 106 Å². The second-order valence-electron chi connectivity index (χ2n) is 4.19. The van der Waals surface area contributed by atoms with E-state index in [9.17, 15) is 9.90 Å². The molecule has 3 heteroatoms. The third-order valence-corrected chi connectivity index (χ3v) is 2.69. The van der Waals surface area contributed by atoms with Crippen molar-refractivity contribution in [1.82, 2.24) is 5.32 Å². The first-order chi connectivity index (χ1) is 8.66. The van der Waals surface area contributed by atoms with E-state index < -0.39 is 0 Å². The van der Waals surface area contributed by atoms with Gasteiger partial charge < -0.3 is 10.4 Å². The maximum atomic E-state index is 11.9. The van der Waals surface area contributed by atoms with Crippen molar-refractivity contribution in [2.24, 2.45) is 0 Å². The average molecular weight is 241 g/mol. The van der Waals surface area contributed by atoms with Crippen LogP contribution in [0.15, 0.2) is 48.5 Å². The number of carbonyl (C=O) groups is 1. The van der Waals surface area contributed by atoms with Crippen LogP contribution in [0, 0.1) is 6.92 Å². The number of hydrogen-bond acceptors (Lipinski definition) is 2. The molecule has 1 amide bonds. The Bertz CT molecular complexity index is 550. The van der Waals surface area contributed by atoms with Crippen LogP contribution >= 0.6 is 0 Å². The number of amides is 1. The standard InChI is InChI=1S/C15H15NO2/c1-11-7-8-14(17)13(9-11)15(18)16-10-12-5-3-2-4-6-12/h2-9,17H,10H2,1H3,(H,16,18). The van der Waals surface area contributed by atoms with Crippen LogP contribution in [0.3, 0.4) is 0 Å². The summed E-state index contributed by atoms with van der Waals surface area (Å²) in [5, 5.41) is 12.4. The zero-order valence-corrected chi connectivity index (χ0v) is 10.2. The van der Waals surface area contributed by atoms with Gasteiger partial charge in [-0.1, -0.05) is 42.0 Å². The van der Waals surface area contributed by atoms with Crippen LogP contribution < -0.4 is 5.32 Å². The van der Waals surface area contributed by atoms with Gasteiger partial charge in [0.1, 0.15) is 5.75 Å². The average Bonchev–Trinajstić information content (AvgIpc) is 2.40. The van der Waals surface area contributed by atoms with Crippen molar-refractivity contribution in [3.8, 4) is 5.75 Å². The summed E-state index contributed by atoms with van der Waals surface area (Å²) in [5.41, 5.74) is 2.28. The second-order valence-corrected chi connectivity index (χ2v) is 4.19. The van der Waals surface area contributed by atoms with Gasteiger partial charge >= 0.3 is 0 Å². The fourth-order valence-corrected chi connectivity index (χ4v) is 1.71. The van der Waals surface area contributed by atoms with Gasteiger partial charge in [0, 0.05) is 6.54 Å². The van der Waals surface area contributed by atoms with Gasteiger partial charge in [-0.15, -0.1) is 0 Å². The molecule has 2 aromatic rings. The van der Waals surface area contributed by atoms with Crippen LogP contribution in [0.1, 0.15) is 21.5 Å². The molecule has 2 aromatic carbocycles. The summed E-state index contributed by atoms with van der Waals surface area (Å²) in [4.78, 5) is 11.9. The number of aryl methyl sites for hydroxylation is 1. The first kappa shape index (κ1) is 12.2. The lowest BCUT2D eigenvalue weighted by molar-refractivity contribution is 0.0948. The number of phenols is 1. The van der Waals surface area contributed by atoms with Gasteiger partial charge in [0.25, 0.3) is 5.91 Å².